The predicted octanol–water partition coefficient (Wildman–Crippen LogP) is 3.05. The Bertz CT molecular complexity index is 1120. The molecule has 2 N–H and O–H groups in total. The van der Waals surface area contributed by atoms with Crippen LogP contribution in [-0.4, -0.2) is 53.0 Å². The van der Waals surface area contributed by atoms with Crippen LogP contribution in [-0.2, 0) is 4.79 Å². The lowest BCUT2D eigenvalue weighted by Crippen LogP contribution is -2.28. The zero-order chi connectivity index (χ0) is 21.3. The highest BCUT2D eigenvalue weighted by Crippen LogP contribution is 2.36. The number of pyridine rings is 1. The molecule has 0 bridgehead atoms. The van der Waals surface area contributed by atoms with Gasteiger partial charge in [-0.25, -0.2) is 0 Å². The van der Waals surface area contributed by atoms with Gasteiger partial charge in [0.05, 0.1) is 21.2 Å². The lowest BCUT2D eigenvalue weighted by molar-refractivity contribution is -0.115. The van der Waals surface area contributed by atoms with E-state index in [1.54, 1.807) is 54.5 Å². The van der Waals surface area contributed by atoms with E-state index in [1.165, 1.54) is 11.3 Å². The summed E-state index contributed by atoms with van der Waals surface area (Å²) in [5.74, 6) is 0.863. The van der Waals surface area contributed by atoms with Crippen LogP contribution < -0.4 is 10.1 Å². The third-order valence-electron chi connectivity index (χ3n) is 4.97. The van der Waals surface area contributed by atoms with Crippen molar-refractivity contribution in [3.8, 4) is 11.5 Å². The van der Waals surface area contributed by atoms with Gasteiger partial charge in [-0.15, -0.1) is 11.3 Å². The fraction of sp³-hybridized carbons (Fsp3) is 0.227. The molecule has 1 saturated heterocycles. The van der Waals surface area contributed by atoms with Gasteiger partial charge in [0.15, 0.2) is 0 Å². The first-order valence-corrected chi connectivity index (χ1v) is 10.3. The van der Waals surface area contributed by atoms with Gasteiger partial charge in [-0.1, -0.05) is 18.7 Å². The van der Waals surface area contributed by atoms with Crippen LogP contribution in [0.15, 0.2) is 49.2 Å². The molecule has 30 heavy (non-hydrogen) atoms. The van der Waals surface area contributed by atoms with Crippen molar-refractivity contribution in [2.75, 3.05) is 20.1 Å². The van der Waals surface area contributed by atoms with Gasteiger partial charge in [-0.3, -0.25) is 14.6 Å². The van der Waals surface area contributed by atoms with Crippen LogP contribution in [0.5, 0.6) is 11.5 Å². The molecule has 1 fully saturated rings. The number of thiophene rings is 1. The van der Waals surface area contributed by atoms with Crippen LogP contribution in [0.2, 0.25) is 0 Å². The number of aromatic nitrogens is 1. The number of likely N-dealkylation sites (tertiary alicyclic amines) is 1. The molecule has 2 amide bonds. The van der Waals surface area contributed by atoms with E-state index in [2.05, 4.69) is 16.9 Å². The van der Waals surface area contributed by atoms with Crippen LogP contribution >= 0.6 is 11.3 Å². The van der Waals surface area contributed by atoms with E-state index in [-0.39, 0.29) is 11.8 Å². The van der Waals surface area contributed by atoms with Crippen molar-refractivity contribution in [1.29, 1.82) is 0 Å². The Hall–Kier alpha value is -3.23. The van der Waals surface area contributed by atoms with E-state index in [0.717, 1.165) is 4.70 Å². The summed E-state index contributed by atoms with van der Waals surface area (Å²) in [6.45, 7) is 4.71. The second kappa shape index (κ2) is 8.25. The fourth-order valence-electron chi connectivity index (χ4n) is 3.32. The largest absolute Gasteiger partial charge is 0.456 e. The second-order valence-electron chi connectivity index (χ2n) is 7.01. The number of hydrogen-bond acceptors (Lipinski definition) is 6. The minimum atomic E-state index is -0.456. The molecule has 2 aromatic heterocycles. The number of rotatable bonds is 5. The molecule has 154 valence electrons. The van der Waals surface area contributed by atoms with Crippen LogP contribution in [0.25, 0.3) is 15.8 Å². The first kappa shape index (κ1) is 20.1. The molecule has 8 heteroatoms. The number of hydrogen-bond donors (Lipinski definition) is 2. The quantitative estimate of drug-likeness (QED) is 0.616. The van der Waals surface area contributed by atoms with Crippen LogP contribution in [0.4, 0.5) is 0 Å². The highest BCUT2D eigenvalue weighted by Gasteiger charge is 2.27. The van der Waals surface area contributed by atoms with Gasteiger partial charge in [0.25, 0.3) is 11.8 Å². The summed E-state index contributed by atoms with van der Waals surface area (Å²) in [5, 5.41) is 12.2. The number of nitrogens with zero attached hydrogens (tertiary/aromatic N) is 2. The molecule has 0 saturated carbocycles. The van der Waals surface area contributed by atoms with Crippen molar-refractivity contribution in [1.82, 2.24) is 15.2 Å². The summed E-state index contributed by atoms with van der Waals surface area (Å²) in [6.07, 6.45) is 1.79. The topological polar surface area (TPSA) is 91.8 Å². The lowest BCUT2D eigenvalue weighted by Gasteiger charge is -2.13. The van der Waals surface area contributed by atoms with Gasteiger partial charge in [-0.2, -0.15) is 0 Å². The molecular formula is C22H21N3O4S. The van der Waals surface area contributed by atoms with E-state index < -0.39 is 6.10 Å². The Morgan fingerprint density at radius 2 is 2.07 bits per heavy atom. The summed E-state index contributed by atoms with van der Waals surface area (Å²) in [5.41, 5.74) is 1.77. The molecule has 1 aliphatic heterocycles. The summed E-state index contributed by atoms with van der Waals surface area (Å²) in [4.78, 5) is 31.0. The van der Waals surface area contributed by atoms with Crippen molar-refractivity contribution >= 4 is 38.9 Å². The third-order valence-corrected chi connectivity index (χ3v) is 6.10. The van der Waals surface area contributed by atoms with E-state index in [0.29, 0.717) is 52.5 Å². The molecule has 1 aliphatic rings. The maximum absolute atomic E-state index is 12.7. The molecule has 1 unspecified atom stereocenters. The van der Waals surface area contributed by atoms with Crippen molar-refractivity contribution in [3.63, 3.8) is 0 Å². The maximum atomic E-state index is 12.7. The molecule has 4 rings (SSSR count). The van der Waals surface area contributed by atoms with E-state index in [9.17, 15) is 14.7 Å². The number of fused-ring (bicyclic) bond motifs is 1. The maximum Gasteiger partial charge on any atom is 0.264 e. The summed E-state index contributed by atoms with van der Waals surface area (Å²) >= 11 is 1.33. The van der Waals surface area contributed by atoms with E-state index in [4.69, 9.17) is 4.74 Å². The average molecular weight is 423 g/mol. The normalized spacial score (nSPS) is 15.9. The van der Waals surface area contributed by atoms with Crippen molar-refractivity contribution in [2.45, 2.75) is 12.5 Å². The number of amides is 2. The third kappa shape index (κ3) is 3.92. The van der Waals surface area contributed by atoms with Gasteiger partial charge in [-0.05, 0) is 30.2 Å². The zero-order valence-corrected chi connectivity index (χ0v) is 17.2. The minimum absolute atomic E-state index is 0.0995. The van der Waals surface area contributed by atoms with Gasteiger partial charge in [0, 0.05) is 38.0 Å². The Balaban J connectivity index is 1.56. The molecule has 1 atom stereocenters. The number of nitrogens with one attached hydrogen (secondary N) is 1. The minimum Gasteiger partial charge on any atom is -0.456 e. The lowest BCUT2D eigenvalue weighted by atomic mass is 10.1. The number of likely N-dealkylation sites (N-methyl/N-ethyl adjacent to an activating group) is 1. The molecule has 0 aliphatic carbocycles. The van der Waals surface area contributed by atoms with Crippen LogP contribution in [0.1, 0.15) is 21.7 Å². The number of carbonyl (C=O) groups is 2. The SMILES string of the molecule is C=C(C(=O)NC)c1ccc(Oc2ccnc3cc(C(=O)N4CCC(O)C4)sc23)cc1. The molecular weight excluding hydrogens is 402 g/mol. The monoisotopic (exact) mass is 423 g/mol. The molecule has 7 nitrogen and oxygen atoms in total. The zero-order valence-electron chi connectivity index (χ0n) is 16.4. The molecule has 3 heterocycles. The van der Waals surface area contributed by atoms with Gasteiger partial charge < -0.3 is 20.1 Å². The fourth-order valence-corrected chi connectivity index (χ4v) is 4.35. The summed E-state index contributed by atoms with van der Waals surface area (Å²) in [7, 11) is 1.56. The number of carbonyl (C=O) groups excluding carboxylic acids is 2. The first-order chi connectivity index (χ1) is 14.5. The number of ether oxygens (including phenoxy) is 1. The van der Waals surface area contributed by atoms with Gasteiger partial charge in [0.1, 0.15) is 11.5 Å². The first-order valence-electron chi connectivity index (χ1n) is 9.51. The molecule has 0 radical (unpaired) electrons. The summed E-state index contributed by atoms with van der Waals surface area (Å²) in [6, 6.07) is 10.6. The predicted molar refractivity (Wildman–Crippen MR) is 116 cm³/mol. The standard InChI is InChI=1S/C22H21N3O4S/c1-13(21(27)23-2)14-3-5-16(6-4-14)29-18-7-9-24-17-11-19(30-20(17)18)22(28)25-10-8-15(26)12-25/h3-7,9,11,15,26H,1,8,10,12H2,2H3,(H,23,27). The van der Waals surface area contributed by atoms with Crippen molar-refractivity contribution in [3.05, 3.63) is 59.6 Å². The average Bonchev–Trinajstić information content (AvgIpc) is 3.39. The highest BCUT2D eigenvalue weighted by molar-refractivity contribution is 7.21. The van der Waals surface area contributed by atoms with Crippen molar-refractivity contribution < 1.29 is 19.4 Å². The Morgan fingerprint density at radius 1 is 1.30 bits per heavy atom. The van der Waals surface area contributed by atoms with Crippen LogP contribution in [0, 0.1) is 0 Å². The number of aliphatic hydroxyl groups is 1. The molecule has 3 aromatic rings. The number of benzene rings is 1. The second-order valence-corrected chi connectivity index (χ2v) is 8.06. The van der Waals surface area contributed by atoms with Crippen molar-refractivity contribution in [2.24, 2.45) is 0 Å². The summed E-state index contributed by atoms with van der Waals surface area (Å²) < 4.78 is 6.80. The Kier molecular flexibility index (Phi) is 5.52. The smallest absolute Gasteiger partial charge is 0.264 e. The van der Waals surface area contributed by atoms with Gasteiger partial charge in [0.2, 0.25) is 0 Å². The van der Waals surface area contributed by atoms with E-state index >= 15 is 0 Å². The molecule has 0 spiro atoms. The Morgan fingerprint density at radius 3 is 2.73 bits per heavy atom. The molecule has 1 aromatic carbocycles. The van der Waals surface area contributed by atoms with Crippen LogP contribution in [0.3, 0.4) is 0 Å². The Labute approximate surface area is 177 Å². The van der Waals surface area contributed by atoms with E-state index in [1.807, 2.05) is 0 Å². The number of β-amino-alcohol motifs (C(OH)–C–C–N with tert-alkyl or cyclic N) is 1. The number of aliphatic hydroxyl groups excluding tert-OH is 1. The van der Waals surface area contributed by atoms with Gasteiger partial charge >= 0.3 is 0 Å². The highest BCUT2D eigenvalue weighted by atomic mass is 32.1.